The van der Waals surface area contributed by atoms with Gasteiger partial charge in [-0.1, -0.05) is 36.4 Å². The van der Waals surface area contributed by atoms with Crippen molar-refractivity contribution in [2.24, 2.45) is 5.10 Å². The van der Waals surface area contributed by atoms with E-state index in [1.165, 1.54) is 18.9 Å². The Kier molecular flexibility index (Phi) is 5.92. The molecule has 0 aromatic heterocycles. The summed E-state index contributed by atoms with van der Waals surface area (Å²) in [4.78, 5) is 38.1. The second-order valence-corrected chi connectivity index (χ2v) is 8.79. The number of nitrogens with zero attached hydrogens (tertiary/aromatic N) is 3. The monoisotopic (exact) mass is 452 g/mol. The molecule has 2 aromatic rings. The number of rotatable bonds is 5. The van der Waals surface area contributed by atoms with Gasteiger partial charge in [0.1, 0.15) is 5.75 Å². The molecule has 0 aliphatic carbocycles. The first-order valence-corrected chi connectivity index (χ1v) is 11.1. The zero-order valence-corrected chi connectivity index (χ0v) is 18.9. The summed E-state index contributed by atoms with van der Waals surface area (Å²) < 4.78 is 5.88. The lowest BCUT2D eigenvalue weighted by molar-refractivity contribution is -0.139. The van der Waals surface area contributed by atoms with Crippen LogP contribution in [0.3, 0.4) is 0 Å². The molecule has 3 amide bonds. The first-order valence-electron chi connectivity index (χ1n) is 10.3. The van der Waals surface area contributed by atoms with Crippen LogP contribution in [0.15, 0.2) is 53.6 Å². The lowest BCUT2D eigenvalue weighted by Crippen LogP contribution is -2.48. The number of hydrazone groups is 1. The van der Waals surface area contributed by atoms with Crippen molar-refractivity contribution >= 4 is 40.3 Å². The van der Waals surface area contributed by atoms with E-state index in [1.807, 2.05) is 55.5 Å². The van der Waals surface area contributed by atoms with Crippen LogP contribution in [0.5, 0.6) is 5.75 Å². The number of benzene rings is 2. The summed E-state index contributed by atoms with van der Waals surface area (Å²) in [6.07, 6.45) is 0.606. The number of thioether (sulfide) groups is 1. The first kappa shape index (κ1) is 21.9. The lowest BCUT2D eigenvalue weighted by atomic mass is 10.1. The highest BCUT2D eigenvalue weighted by Crippen LogP contribution is 2.54. The minimum absolute atomic E-state index is 0.223. The number of carbonyl (C=O) groups is 3. The van der Waals surface area contributed by atoms with Crippen LogP contribution in [0.25, 0.3) is 0 Å². The largest absolute Gasteiger partial charge is 0.493 e. The Morgan fingerprint density at radius 3 is 2.56 bits per heavy atom. The molecule has 1 spiro atoms. The van der Waals surface area contributed by atoms with Crippen molar-refractivity contribution < 1.29 is 19.1 Å². The molecule has 0 radical (unpaired) electrons. The zero-order valence-electron chi connectivity index (χ0n) is 18.1. The van der Waals surface area contributed by atoms with Gasteiger partial charge in [0.25, 0.3) is 5.91 Å². The highest BCUT2D eigenvalue weighted by molar-refractivity contribution is 8.15. The molecule has 1 N–H and O–H groups in total. The number of aryl methyl sites for hydroxylation is 1. The fraction of sp³-hybridized carbons (Fsp3) is 0.304. The second kappa shape index (κ2) is 8.66. The average Bonchev–Trinajstić information content (AvgIpc) is 3.24. The smallest absolute Gasteiger partial charge is 0.270 e. The van der Waals surface area contributed by atoms with Gasteiger partial charge in [0, 0.05) is 26.0 Å². The molecular weight excluding hydrogens is 428 g/mol. The second-order valence-electron chi connectivity index (χ2n) is 7.60. The van der Waals surface area contributed by atoms with Crippen LogP contribution < -0.4 is 15.0 Å². The van der Waals surface area contributed by atoms with Crippen LogP contribution in [0.2, 0.25) is 0 Å². The fourth-order valence-corrected chi connectivity index (χ4v) is 5.24. The van der Waals surface area contributed by atoms with Gasteiger partial charge >= 0.3 is 0 Å². The van der Waals surface area contributed by atoms with E-state index in [4.69, 9.17) is 4.74 Å². The van der Waals surface area contributed by atoms with Gasteiger partial charge in [-0.2, -0.15) is 5.01 Å². The molecule has 32 heavy (non-hydrogen) atoms. The molecule has 9 heteroatoms. The summed E-state index contributed by atoms with van der Waals surface area (Å²) in [5.74, 6) is -0.148. The van der Waals surface area contributed by atoms with Gasteiger partial charge in [0.15, 0.2) is 5.17 Å². The summed E-state index contributed by atoms with van der Waals surface area (Å²) in [7, 11) is 0. The van der Waals surface area contributed by atoms with E-state index in [0.29, 0.717) is 25.1 Å². The van der Waals surface area contributed by atoms with Crippen LogP contribution in [0, 0.1) is 6.92 Å². The van der Waals surface area contributed by atoms with E-state index < -0.39 is 4.87 Å². The Bertz CT molecular complexity index is 1120. The van der Waals surface area contributed by atoms with Gasteiger partial charge in [-0.15, -0.1) is 5.10 Å². The van der Waals surface area contributed by atoms with E-state index in [0.717, 1.165) is 28.8 Å². The summed E-state index contributed by atoms with van der Waals surface area (Å²) >= 11 is 1.08. The number of para-hydroxylation sites is 2. The van der Waals surface area contributed by atoms with Gasteiger partial charge in [0.05, 0.1) is 12.3 Å². The van der Waals surface area contributed by atoms with E-state index in [-0.39, 0.29) is 22.9 Å². The Morgan fingerprint density at radius 2 is 1.84 bits per heavy atom. The van der Waals surface area contributed by atoms with Crippen LogP contribution in [-0.4, -0.2) is 41.0 Å². The van der Waals surface area contributed by atoms with E-state index >= 15 is 0 Å². The van der Waals surface area contributed by atoms with Gasteiger partial charge in [-0.05, 0) is 42.8 Å². The van der Waals surface area contributed by atoms with Gasteiger partial charge in [0.2, 0.25) is 16.7 Å². The predicted molar refractivity (Wildman–Crippen MR) is 123 cm³/mol. The van der Waals surface area contributed by atoms with Crippen molar-refractivity contribution in [3.05, 3.63) is 59.7 Å². The van der Waals surface area contributed by atoms with E-state index in [9.17, 15) is 14.4 Å². The van der Waals surface area contributed by atoms with Crippen LogP contribution in [-0.2, 0) is 19.3 Å². The van der Waals surface area contributed by atoms with Crippen LogP contribution in [0.4, 0.5) is 5.69 Å². The van der Waals surface area contributed by atoms with E-state index in [1.54, 1.807) is 4.90 Å². The number of fused-ring (bicyclic) bond motifs is 2. The number of amidine groups is 1. The maximum absolute atomic E-state index is 13.7. The molecule has 2 aliphatic rings. The number of carbonyl (C=O) groups excluding carboxylic acids is 3. The molecule has 2 heterocycles. The van der Waals surface area contributed by atoms with Crippen molar-refractivity contribution in [2.45, 2.75) is 32.1 Å². The van der Waals surface area contributed by atoms with E-state index in [2.05, 4.69) is 10.4 Å². The van der Waals surface area contributed by atoms with Crippen LogP contribution in [0.1, 0.15) is 31.4 Å². The third-order valence-corrected chi connectivity index (χ3v) is 6.53. The SMILES string of the molecule is CC(=O)NC1=NN(C(C)=O)[C@@]2(S1)C(=O)N(CCCOc1ccccc1C)c1ccccc12. The number of anilines is 1. The maximum Gasteiger partial charge on any atom is 0.270 e. The number of ether oxygens (including phenoxy) is 1. The Morgan fingerprint density at radius 1 is 1.12 bits per heavy atom. The number of hydrogen-bond donors (Lipinski definition) is 1. The van der Waals surface area contributed by atoms with Crippen molar-refractivity contribution in [3.8, 4) is 5.75 Å². The highest BCUT2D eigenvalue weighted by atomic mass is 32.2. The minimum Gasteiger partial charge on any atom is -0.493 e. The molecule has 2 aromatic carbocycles. The van der Waals surface area contributed by atoms with Crippen molar-refractivity contribution in [3.63, 3.8) is 0 Å². The lowest BCUT2D eigenvalue weighted by Gasteiger charge is -2.29. The predicted octanol–water partition coefficient (Wildman–Crippen LogP) is 2.97. The Balaban J connectivity index is 1.56. The third kappa shape index (κ3) is 3.73. The molecule has 0 bridgehead atoms. The van der Waals surface area contributed by atoms with Crippen molar-refractivity contribution in [1.29, 1.82) is 0 Å². The minimum atomic E-state index is -1.36. The van der Waals surface area contributed by atoms with Gasteiger partial charge in [-0.3, -0.25) is 14.4 Å². The van der Waals surface area contributed by atoms with Crippen molar-refractivity contribution in [1.82, 2.24) is 10.3 Å². The fourth-order valence-electron chi connectivity index (χ4n) is 3.91. The Hall–Kier alpha value is -3.33. The van der Waals surface area contributed by atoms with Crippen molar-refractivity contribution in [2.75, 3.05) is 18.1 Å². The molecule has 2 aliphatic heterocycles. The topological polar surface area (TPSA) is 91.3 Å². The highest BCUT2D eigenvalue weighted by Gasteiger charge is 2.60. The average molecular weight is 453 g/mol. The number of nitrogens with one attached hydrogen (secondary N) is 1. The molecule has 0 saturated heterocycles. The normalized spacial score (nSPS) is 19.2. The Labute approximate surface area is 190 Å². The summed E-state index contributed by atoms with van der Waals surface area (Å²) in [5, 5.41) is 8.26. The van der Waals surface area contributed by atoms with Gasteiger partial charge < -0.3 is 15.0 Å². The summed E-state index contributed by atoms with van der Waals surface area (Å²) in [6.45, 7) is 5.57. The summed E-state index contributed by atoms with van der Waals surface area (Å²) in [6, 6.07) is 15.2. The maximum atomic E-state index is 13.7. The molecule has 4 rings (SSSR count). The third-order valence-electron chi connectivity index (χ3n) is 5.29. The number of hydrogen-bond acceptors (Lipinski definition) is 6. The molecule has 1 atom stereocenters. The standard InChI is InChI=1S/C23H24N4O4S/c1-15-9-4-7-12-20(15)31-14-8-13-26-19-11-6-5-10-18(19)23(21(26)30)27(17(3)29)25-22(32-23)24-16(2)28/h4-7,9-12H,8,13-14H2,1-3H3,(H,24,25,28)/t23-/m0/s1. The molecule has 0 fully saturated rings. The first-order chi connectivity index (χ1) is 15.3. The molecule has 166 valence electrons. The molecule has 0 saturated carbocycles. The number of amides is 3. The summed E-state index contributed by atoms with van der Waals surface area (Å²) in [5.41, 5.74) is 2.46. The zero-order chi connectivity index (χ0) is 22.9. The van der Waals surface area contributed by atoms with Gasteiger partial charge in [-0.25, -0.2) is 0 Å². The molecular formula is C23H24N4O4S. The van der Waals surface area contributed by atoms with Crippen LogP contribution >= 0.6 is 11.8 Å². The quantitative estimate of drug-likeness (QED) is 0.705. The molecule has 0 unspecified atom stereocenters. The molecule has 8 nitrogen and oxygen atoms in total.